The first-order valence-electron chi connectivity index (χ1n) is 5.38. The molecule has 0 aromatic carbocycles. The fourth-order valence-electron chi connectivity index (χ4n) is 2.08. The summed E-state index contributed by atoms with van der Waals surface area (Å²) >= 11 is 0. The molecule has 1 saturated heterocycles. The molecule has 1 rings (SSSR count). The molecule has 0 aliphatic carbocycles. The van der Waals surface area contributed by atoms with Crippen LogP contribution in [0.3, 0.4) is 0 Å². The van der Waals surface area contributed by atoms with Crippen LogP contribution in [-0.2, 0) is 0 Å². The van der Waals surface area contributed by atoms with Crippen LogP contribution >= 0.6 is 0 Å². The summed E-state index contributed by atoms with van der Waals surface area (Å²) < 4.78 is 0. The molecular formula is C10H20N2O. The van der Waals surface area contributed by atoms with Crippen LogP contribution in [0.5, 0.6) is 0 Å². The standard InChI is InChI=1S/C10H20N2O/c1-2-5-10(8-11-13)9-12-6-3-4-7-12/h10H,2-9H2,1H3/t10-/m0/s1. The van der Waals surface area contributed by atoms with E-state index in [4.69, 9.17) is 0 Å². The predicted molar refractivity (Wildman–Crippen MR) is 54.7 cm³/mol. The lowest BCUT2D eigenvalue weighted by atomic mass is 10.0. The van der Waals surface area contributed by atoms with Gasteiger partial charge in [-0.3, -0.25) is 0 Å². The first-order chi connectivity index (χ1) is 6.36. The Kier molecular flexibility index (Phi) is 4.98. The highest BCUT2D eigenvalue weighted by molar-refractivity contribution is 4.72. The van der Waals surface area contributed by atoms with E-state index in [1.807, 2.05) is 0 Å². The van der Waals surface area contributed by atoms with Crippen molar-refractivity contribution in [3.8, 4) is 0 Å². The van der Waals surface area contributed by atoms with Crippen LogP contribution in [-0.4, -0.2) is 31.1 Å². The molecule has 1 aliphatic heterocycles. The molecule has 0 aromatic heterocycles. The van der Waals surface area contributed by atoms with E-state index >= 15 is 0 Å². The van der Waals surface area contributed by atoms with Crippen molar-refractivity contribution in [2.75, 3.05) is 26.2 Å². The van der Waals surface area contributed by atoms with Crippen LogP contribution in [0.4, 0.5) is 0 Å². The van der Waals surface area contributed by atoms with Crippen molar-refractivity contribution in [3.63, 3.8) is 0 Å². The summed E-state index contributed by atoms with van der Waals surface area (Å²) in [7, 11) is 0. The van der Waals surface area contributed by atoms with E-state index < -0.39 is 0 Å². The molecule has 0 N–H and O–H groups in total. The second-order valence-corrected chi connectivity index (χ2v) is 3.97. The first-order valence-corrected chi connectivity index (χ1v) is 5.38. The molecule has 76 valence electrons. The zero-order valence-electron chi connectivity index (χ0n) is 8.54. The molecule has 1 heterocycles. The molecule has 0 radical (unpaired) electrons. The minimum absolute atomic E-state index is 0.501. The van der Waals surface area contributed by atoms with Gasteiger partial charge in [0.05, 0.1) is 6.54 Å². The quantitative estimate of drug-likeness (QED) is 0.593. The maximum absolute atomic E-state index is 10.2. The third-order valence-electron chi connectivity index (χ3n) is 2.74. The smallest absolute Gasteiger partial charge is 0.0851 e. The average Bonchev–Trinajstić information content (AvgIpc) is 2.58. The van der Waals surface area contributed by atoms with Gasteiger partial charge in [0.2, 0.25) is 0 Å². The third-order valence-corrected chi connectivity index (χ3v) is 2.74. The van der Waals surface area contributed by atoms with Gasteiger partial charge in [0.1, 0.15) is 0 Å². The highest BCUT2D eigenvalue weighted by atomic mass is 16.3. The van der Waals surface area contributed by atoms with Crippen LogP contribution in [0.25, 0.3) is 0 Å². The van der Waals surface area contributed by atoms with Crippen LogP contribution in [0.2, 0.25) is 0 Å². The summed E-state index contributed by atoms with van der Waals surface area (Å²) in [5.74, 6) is 0.501. The highest BCUT2D eigenvalue weighted by Gasteiger charge is 2.16. The summed E-state index contributed by atoms with van der Waals surface area (Å²) in [4.78, 5) is 12.7. The van der Waals surface area contributed by atoms with E-state index in [-0.39, 0.29) is 0 Å². The van der Waals surface area contributed by atoms with Gasteiger partial charge >= 0.3 is 0 Å². The largest absolute Gasteiger partial charge is 0.303 e. The summed E-state index contributed by atoms with van der Waals surface area (Å²) in [6.45, 7) is 6.20. The maximum atomic E-state index is 10.2. The summed E-state index contributed by atoms with van der Waals surface area (Å²) in [5, 5.41) is 3.02. The number of nitroso groups, excluding NO2 is 1. The molecule has 0 aromatic rings. The molecule has 0 saturated carbocycles. The third kappa shape index (κ3) is 3.85. The van der Waals surface area contributed by atoms with E-state index in [9.17, 15) is 4.91 Å². The van der Waals surface area contributed by atoms with Gasteiger partial charge in [0, 0.05) is 6.54 Å². The number of rotatable bonds is 6. The lowest BCUT2D eigenvalue weighted by molar-refractivity contribution is 0.271. The Morgan fingerprint density at radius 2 is 2.08 bits per heavy atom. The molecule has 3 nitrogen and oxygen atoms in total. The van der Waals surface area contributed by atoms with Crippen LogP contribution in [0.15, 0.2) is 5.18 Å². The van der Waals surface area contributed by atoms with Gasteiger partial charge in [-0.2, -0.15) is 4.91 Å². The molecular weight excluding hydrogens is 164 g/mol. The maximum Gasteiger partial charge on any atom is 0.0851 e. The van der Waals surface area contributed by atoms with E-state index in [2.05, 4.69) is 17.0 Å². The predicted octanol–water partition coefficient (Wildman–Crippen LogP) is 2.26. The highest BCUT2D eigenvalue weighted by Crippen LogP contribution is 2.14. The first kappa shape index (κ1) is 10.6. The van der Waals surface area contributed by atoms with Crippen molar-refractivity contribution in [2.45, 2.75) is 32.6 Å². The molecule has 0 unspecified atom stereocenters. The minimum Gasteiger partial charge on any atom is -0.303 e. The summed E-state index contributed by atoms with van der Waals surface area (Å²) in [5.41, 5.74) is 0. The Morgan fingerprint density at radius 1 is 1.38 bits per heavy atom. The van der Waals surface area contributed by atoms with Gasteiger partial charge in [-0.1, -0.05) is 18.5 Å². The lowest BCUT2D eigenvalue weighted by Gasteiger charge is -2.20. The van der Waals surface area contributed by atoms with Gasteiger partial charge in [-0.25, -0.2) is 0 Å². The van der Waals surface area contributed by atoms with Crippen molar-refractivity contribution in [2.24, 2.45) is 11.1 Å². The fraction of sp³-hybridized carbons (Fsp3) is 1.00. The molecule has 0 bridgehead atoms. The lowest BCUT2D eigenvalue weighted by Crippen LogP contribution is -2.28. The Labute approximate surface area is 80.5 Å². The molecule has 1 atom stereocenters. The van der Waals surface area contributed by atoms with E-state index in [1.54, 1.807) is 0 Å². The zero-order valence-corrected chi connectivity index (χ0v) is 8.54. The number of likely N-dealkylation sites (tertiary alicyclic amines) is 1. The topological polar surface area (TPSA) is 32.7 Å². The van der Waals surface area contributed by atoms with Crippen LogP contribution in [0.1, 0.15) is 32.6 Å². The Morgan fingerprint density at radius 3 is 2.62 bits per heavy atom. The van der Waals surface area contributed by atoms with Crippen molar-refractivity contribution in [1.29, 1.82) is 0 Å². The number of nitrogens with zero attached hydrogens (tertiary/aromatic N) is 2. The minimum atomic E-state index is 0.501. The second kappa shape index (κ2) is 6.08. The van der Waals surface area contributed by atoms with Gasteiger partial charge in [0.25, 0.3) is 0 Å². The van der Waals surface area contributed by atoms with Gasteiger partial charge in [0.15, 0.2) is 0 Å². The zero-order chi connectivity index (χ0) is 9.52. The van der Waals surface area contributed by atoms with Crippen molar-refractivity contribution < 1.29 is 0 Å². The fourth-order valence-corrected chi connectivity index (χ4v) is 2.08. The second-order valence-electron chi connectivity index (χ2n) is 3.97. The van der Waals surface area contributed by atoms with E-state index in [1.165, 1.54) is 25.9 Å². The van der Waals surface area contributed by atoms with E-state index in [0.29, 0.717) is 12.5 Å². The van der Waals surface area contributed by atoms with Crippen LogP contribution in [0, 0.1) is 10.8 Å². The Bertz CT molecular complexity index is 144. The monoisotopic (exact) mass is 184 g/mol. The summed E-state index contributed by atoms with van der Waals surface area (Å²) in [6.07, 6.45) is 4.96. The molecule has 0 spiro atoms. The molecule has 0 amide bonds. The summed E-state index contributed by atoms with van der Waals surface area (Å²) in [6, 6.07) is 0. The average molecular weight is 184 g/mol. The van der Waals surface area contributed by atoms with Crippen molar-refractivity contribution in [3.05, 3.63) is 4.91 Å². The normalized spacial score (nSPS) is 20.4. The van der Waals surface area contributed by atoms with Gasteiger partial charge < -0.3 is 4.90 Å². The Hall–Kier alpha value is -0.440. The SMILES string of the molecule is CCC[C@@H](CN=O)CN1CCCC1. The molecule has 1 fully saturated rings. The Balaban J connectivity index is 2.22. The van der Waals surface area contributed by atoms with Crippen molar-refractivity contribution >= 4 is 0 Å². The molecule has 1 aliphatic rings. The molecule has 13 heavy (non-hydrogen) atoms. The molecule has 3 heteroatoms. The van der Waals surface area contributed by atoms with Gasteiger partial charge in [-0.15, -0.1) is 0 Å². The van der Waals surface area contributed by atoms with E-state index in [0.717, 1.165) is 19.4 Å². The van der Waals surface area contributed by atoms with Gasteiger partial charge in [-0.05, 0) is 38.3 Å². The van der Waals surface area contributed by atoms with Crippen LogP contribution < -0.4 is 0 Å². The number of hydrogen-bond donors (Lipinski definition) is 0. The van der Waals surface area contributed by atoms with Crippen molar-refractivity contribution in [1.82, 2.24) is 4.90 Å². The number of hydrogen-bond acceptors (Lipinski definition) is 3.